The van der Waals surface area contributed by atoms with Gasteiger partial charge in [0.2, 0.25) is 5.95 Å². The molecule has 2 atom stereocenters. The standard InChI is InChI=1S/C19H20N4/c1-13-7-9-15(10-8-13)17-11-18(16-6-4-3-5-14(16)2)23-19(22-17)20-12-21-23/h3-10,12,17-18H,11H2,1-2H3,(H,20,21,22). The molecule has 0 fully saturated rings. The first-order valence-corrected chi connectivity index (χ1v) is 8.00. The van der Waals surface area contributed by atoms with Crippen molar-refractivity contribution in [2.75, 3.05) is 5.32 Å². The average molecular weight is 304 g/mol. The lowest BCUT2D eigenvalue weighted by atomic mass is 9.91. The van der Waals surface area contributed by atoms with Crippen molar-refractivity contribution in [1.29, 1.82) is 0 Å². The van der Waals surface area contributed by atoms with E-state index in [2.05, 4.69) is 77.8 Å². The second-order valence-corrected chi connectivity index (χ2v) is 6.24. The normalized spacial score (nSPS) is 19.9. The molecule has 3 aromatic rings. The maximum absolute atomic E-state index is 4.44. The molecular weight excluding hydrogens is 284 g/mol. The number of aromatic nitrogens is 3. The van der Waals surface area contributed by atoms with E-state index in [1.807, 2.05) is 4.68 Å². The molecule has 1 aliphatic heterocycles. The minimum Gasteiger partial charge on any atom is -0.348 e. The molecule has 4 heteroatoms. The number of hydrogen-bond acceptors (Lipinski definition) is 3. The molecule has 4 nitrogen and oxygen atoms in total. The fraction of sp³-hybridized carbons (Fsp3) is 0.263. The van der Waals surface area contributed by atoms with Gasteiger partial charge in [-0.05, 0) is 37.0 Å². The molecule has 1 aliphatic rings. The van der Waals surface area contributed by atoms with E-state index in [-0.39, 0.29) is 12.1 Å². The molecule has 116 valence electrons. The molecule has 1 N–H and O–H groups in total. The van der Waals surface area contributed by atoms with Gasteiger partial charge in [0.15, 0.2) is 0 Å². The van der Waals surface area contributed by atoms with Gasteiger partial charge in [-0.15, -0.1) is 0 Å². The minimum absolute atomic E-state index is 0.209. The van der Waals surface area contributed by atoms with E-state index in [9.17, 15) is 0 Å². The molecular formula is C19H20N4. The van der Waals surface area contributed by atoms with Crippen LogP contribution in [0.25, 0.3) is 0 Å². The van der Waals surface area contributed by atoms with Gasteiger partial charge in [-0.3, -0.25) is 0 Å². The van der Waals surface area contributed by atoms with Crippen molar-refractivity contribution in [2.45, 2.75) is 32.4 Å². The number of nitrogens with zero attached hydrogens (tertiary/aromatic N) is 3. The first kappa shape index (κ1) is 14.0. The van der Waals surface area contributed by atoms with Crippen LogP contribution in [0, 0.1) is 13.8 Å². The first-order chi connectivity index (χ1) is 11.2. The maximum Gasteiger partial charge on any atom is 0.222 e. The number of anilines is 1. The highest BCUT2D eigenvalue weighted by molar-refractivity contribution is 5.40. The molecule has 23 heavy (non-hydrogen) atoms. The smallest absolute Gasteiger partial charge is 0.222 e. The van der Waals surface area contributed by atoms with Gasteiger partial charge in [0, 0.05) is 0 Å². The van der Waals surface area contributed by atoms with Crippen LogP contribution < -0.4 is 5.32 Å². The van der Waals surface area contributed by atoms with Gasteiger partial charge in [-0.2, -0.15) is 10.1 Å². The first-order valence-electron chi connectivity index (χ1n) is 8.00. The zero-order chi connectivity index (χ0) is 15.8. The number of aryl methyl sites for hydroxylation is 2. The van der Waals surface area contributed by atoms with E-state index in [0.29, 0.717) is 0 Å². The summed E-state index contributed by atoms with van der Waals surface area (Å²) in [6, 6.07) is 17.7. The van der Waals surface area contributed by atoms with E-state index < -0.39 is 0 Å². The summed E-state index contributed by atoms with van der Waals surface area (Å²) < 4.78 is 2.01. The molecule has 0 radical (unpaired) electrons. The van der Waals surface area contributed by atoms with Crippen LogP contribution in [-0.2, 0) is 0 Å². The average Bonchev–Trinajstić information content (AvgIpc) is 3.04. The van der Waals surface area contributed by atoms with Gasteiger partial charge in [-0.1, -0.05) is 54.1 Å². The van der Waals surface area contributed by atoms with E-state index in [0.717, 1.165) is 12.4 Å². The summed E-state index contributed by atoms with van der Waals surface area (Å²) >= 11 is 0. The molecule has 0 spiro atoms. The number of fused-ring (bicyclic) bond motifs is 1. The Morgan fingerprint density at radius 2 is 1.83 bits per heavy atom. The van der Waals surface area contributed by atoms with Crippen molar-refractivity contribution >= 4 is 5.95 Å². The van der Waals surface area contributed by atoms with Crippen LogP contribution in [0.2, 0.25) is 0 Å². The molecule has 0 aliphatic carbocycles. The predicted octanol–water partition coefficient (Wildman–Crippen LogP) is 4.04. The van der Waals surface area contributed by atoms with Crippen LogP contribution in [0.1, 0.15) is 40.8 Å². The quantitative estimate of drug-likeness (QED) is 0.777. The highest BCUT2D eigenvalue weighted by Gasteiger charge is 2.30. The van der Waals surface area contributed by atoms with E-state index in [4.69, 9.17) is 0 Å². The zero-order valence-corrected chi connectivity index (χ0v) is 13.4. The fourth-order valence-corrected chi connectivity index (χ4v) is 3.36. The SMILES string of the molecule is Cc1ccc(C2CC(c3ccccc3C)n3ncnc3N2)cc1. The third-order valence-electron chi connectivity index (χ3n) is 4.66. The lowest BCUT2D eigenvalue weighted by molar-refractivity contribution is 0.429. The Balaban J connectivity index is 1.75. The molecule has 0 bridgehead atoms. The Kier molecular flexibility index (Phi) is 3.37. The van der Waals surface area contributed by atoms with Crippen molar-refractivity contribution in [3.05, 3.63) is 77.1 Å². The second kappa shape index (κ2) is 5.54. The third kappa shape index (κ3) is 2.50. The van der Waals surface area contributed by atoms with E-state index in [1.54, 1.807) is 6.33 Å². The highest BCUT2D eigenvalue weighted by atomic mass is 15.4. The summed E-state index contributed by atoms with van der Waals surface area (Å²) in [6.45, 7) is 4.28. The largest absolute Gasteiger partial charge is 0.348 e. The van der Waals surface area contributed by atoms with Crippen LogP contribution in [0.3, 0.4) is 0 Å². The zero-order valence-electron chi connectivity index (χ0n) is 13.4. The summed E-state index contributed by atoms with van der Waals surface area (Å²) in [7, 11) is 0. The van der Waals surface area contributed by atoms with Gasteiger partial charge >= 0.3 is 0 Å². The molecule has 2 aromatic carbocycles. The van der Waals surface area contributed by atoms with E-state index in [1.165, 1.54) is 22.3 Å². The van der Waals surface area contributed by atoms with Gasteiger partial charge in [0.1, 0.15) is 6.33 Å². The molecule has 0 amide bonds. The lowest BCUT2D eigenvalue weighted by Crippen LogP contribution is -2.28. The minimum atomic E-state index is 0.209. The molecule has 0 saturated carbocycles. The molecule has 2 heterocycles. The monoisotopic (exact) mass is 304 g/mol. The van der Waals surface area contributed by atoms with Crippen molar-refractivity contribution in [1.82, 2.24) is 14.8 Å². The lowest BCUT2D eigenvalue weighted by Gasteiger charge is -2.32. The van der Waals surface area contributed by atoms with Crippen LogP contribution in [0.15, 0.2) is 54.9 Å². The fourth-order valence-electron chi connectivity index (χ4n) is 3.36. The molecule has 0 saturated heterocycles. The Hall–Kier alpha value is -2.62. The third-order valence-corrected chi connectivity index (χ3v) is 4.66. The van der Waals surface area contributed by atoms with Crippen LogP contribution in [0.4, 0.5) is 5.95 Å². The van der Waals surface area contributed by atoms with Gasteiger partial charge in [0.05, 0.1) is 12.1 Å². The Morgan fingerprint density at radius 1 is 1.04 bits per heavy atom. The number of benzene rings is 2. The van der Waals surface area contributed by atoms with E-state index >= 15 is 0 Å². The summed E-state index contributed by atoms with van der Waals surface area (Å²) in [5, 5.41) is 7.96. The molecule has 4 rings (SSSR count). The summed E-state index contributed by atoms with van der Waals surface area (Å²) in [4.78, 5) is 4.40. The Morgan fingerprint density at radius 3 is 2.61 bits per heavy atom. The van der Waals surface area contributed by atoms with Crippen molar-refractivity contribution in [3.63, 3.8) is 0 Å². The van der Waals surface area contributed by atoms with Crippen LogP contribution in [0.5, 0.6) is 0 Å². The highest BCUT2D eigenvalue weighted by Crippen LogP contribution is 2.38. The van der Waals surface area contributed by atoms with Crippen molar-refractivity contribution in [2.24, 2.45) is 0 Å². The topological polar surface area (TPSA) is 42.7 Å². The van der Waals surface area contributed by atoms with Gasteiger partial charge < -0.3 is 5.32 Å². The van der Waals surface area contributed by atoms with Gasteiger partial charge in [-0.25, -0.2) is 4.68 Å². The number of rotatable bonds is 2. The summed E-state index contributed by atoms with van der Waals surface area (Å²) in [5.41, 5.74) is 5.19. The van der Waals surface area contributed by atoms with Crippen LogP contribution in [-0.4, -0.2) is 14.8 Å². The number of hydrogen-bond donors (Lipinski definition) is 1. The van der Waals surface area contributed by atoms with Crippen molar-refractivity contribution < 1.29 is 0 Å². The summed E-state index contributed by atoms with van der Waals surface area (Å²) in [5.74, 6) is 0.843. The summed E-state index contributed by atoms with van der Waals surface area (Å²) in [6.07, 6.45) is 2.59. The molecule has 2 unspecified atom stereocenters. The van der Waals surface area contributed by atoms with Crippen LogP contribution >= 0.6 is 0 Å². The molecule has 1 aromatic heterocycles. The second-order valence-electron chi connectivity index (χ2n) is 6.24. The predicted molar refractivity (Wildman–Crippen MR) is 91.5 cm³/mol. The maximum atomic E-state index is 4.44. The van der Waals surface area contributed by atoms with Crippen molar-refractivity contribution in [3.8, 4) is 0 Å². The van der Waals surface area contributed by atoms with Gasteiger partial charge in [0.25, 0.3) is 0 Å². The Labute approximate surface area is 136 Å². The Bertz CT molecular complexity index is 819. The number of nitrogens with one attached hydrogen (secondary N) is 1.